The SMILES string of the molecule is CCOc1cccc2c1nc(CCl)n2Cc1nc(C)cs1. The highest BCUT2D eigenvalue weighted by molar-refractivity contribution is 7.09. The Morgan fingerprint density at radius 3 is 2.86 bits per heavy atom. The molecule has 3 rings (SSSR count). The molecule has 0 aliphatic heterocycles. The molecule has 1 aromatic carbocycles. The van der Waals surface area contributed by atoms with Gasteiger partial charge in [-0.1, -0.05) is 6.07 Å². The second kappa shape index (κ2) is 6.03. The van der Waals surface area contributed by atoms with Crippen molar-refractivity contribution in [1.82, 2.24) is 14.5 Å². The van der Waals surface area contributed by atoms with Crippen molar-refractivity contribution in [3.63, 3.8) is 0 Å². The maximum Gasteiger partial charge on any atom is 0.147 e. The fraction of sp³-hybridized carbons (Fsp3) is 0.333. The molecular weight excluding hydrogens is 306 g/mol. The number of fused-ring (bicyclic) bond motifs is 1. The molecular formula is C15H16ClN3OS. The molecule has 2 aromatic heterocycles. The summed E-state index contributed by atoms with van der Waals surface area (Å²) in [5, 5.41) is 3.11. The maximum atomic E-state index is 6.06. The number of aromatic nitrogens is 3. The summed E-state index contributed by atoms with van der Waals surface area (Å²) in [6, 6.07) is 5.96. The van der Waals surface area contributed by atoms with Gasteiger partial charge in [0, 0.05) is 11.1 Å². The van der Waals surface area contributed by atoms with Crippen LogP contribution >= 0.6 is 22.9 Å². The third-order valence-electron chi connectivity index (χ3n) is 3.20. The van der Waals surface area contributed by atoms with E-state index in [1.165, 1.54) is 0 Å². The van der Waals surface area contributed by atoms with Crippen LogP contribution < -0.4 is 4.74 Å². The van der Waals surface area contributed by atoms with Crippen LogP contribution in [0.5, 0.6) is 5.75 Å². The zero-order valence-electron chi connectivity index (χ0n) is 12.0. The lowest BCUT2D eigenvalue weighted by atomic mass is 10.3. The summed E-state index contributed by atoms with van der Waals surface area (Å²) < 4.78 is 7.77. The Hall–Kier alpha value is -1.59. The number of aryl methyl sites for hydroxylation is 1. The Bertz CT molecular complexity index is 765. The summed E-state index contributed by atoms with van der Waals surface area (Å²) in [5.74, 6) is 2.01. The molecule has 0 amide bonds. The second-order valence-corrected chi connectivity index (χ2v) is 5.90. The van der Waals surface area contributed by atoms with Crippen molar-refractivity contribution in [2.75, 3.05) is 6.61 Å². The number of nitrogens with zero attached hydrogens (tertiary/aromatic N) is 3. The van der Waals surface area contributed by atoms with E-state index >= 15 is 0 Å². The van der Waals surface area contributed by atoms with Crippen LogP contribution in [0.3, 0.4) is 0 Å². The van der Waals surface area contributed by atoms with E-state index < -0.39 is 0 Å². The van der Waals surface area contributed by atoms with Crippen LogP contribution in [0.4, 0.5) is 0 Å². The average Bonchev–Trinajstić information content (AvgIpc) is 3.05. The third kappa shape index (κ3) is 2.76. The van der Waals surface area contributed by atoms with Gasteiger partial charge in [-0.25, -0.2) is 9.97 Å². The minimum Gasteiger partial charge on any atom is -0.492 e. The van der Waals surface area contributed by atoms with Crippen molar-refractivity contribution >= 4 is 34.0 Å². The van der Waals surface area contributed by atoms with E-state index in [2.05, 4.69) is 19.9 Å². The molecule has 21 heavy (non-hydrogen) atoms. The van der Waals surface area contributed by atoms with E-state index in [9.17, 15) is 0 Å². The quantitative estimate of drug-likeness (QED) is 0.667. The predicted molar refractivity (Wildman–Crippen MR) is 86.4 cm³/mol. The predicted octanol–water partition coefficient (Wildman–Crippen LogP) is 3.99. The van der Waals surface area contributed by atoms with Crippen LogP contribution in [0, 0.1) is 6.92 Å². The second-order valence-electron chi connectivity index (χ2n) is 4.69. The van der Waals surface area contributed by atoms with E-state index in [-0.39, 0.29) is 0 Å². The molecule has 3 aromatic rings. The number of ether oxygens (including phenoxy) is 1. The van der Waals surface area contributed by atoms with Crippen LogP contribution in [0.1, 0.15) is 23.4 Å². The number of hydrogen-bond donors (Lipinski definition) is 0. The molecule has 4 nitrogen and oxygen atoms in total. The fourth-order valence-electron chi connectivity index (χ4n) is 2.33. The first-order valence-electron chi connectivity index (χ1n) is 6.80. The van der Waals surface area contributed by atoms with Crippen LogP contribution in [0.2, 0.25) is 0 Å². The first-order valence-corrected chi connectivity index (χ1v) is 8.22. The van der Waals surface area contributed by atoms with E-state index in [1.54, 1.807) is 11.3 Å². The van der Waals surface area contributed by atoms with E-state index in [0.29, 0.717) is 19.0 Å². The molecule has 0 aliphatic carbocycles. The minimum absolute atomic E-state index is 0.366. The number of hydrogen-bond acceptors (Lipinski definition) is 4. The summed E-state index contributed by atoms with van der Waals surface area (Å²) in [7, 11) is 0. The minimum atomic E-state index is 0.366. The molecule has 0 bridgehead atoms. The van der Waals surface area contributed by atoms with Gasteiger partial charge in [-0.15, -0.1) is 22.9 Å². The molecule has 110 valence electrons. The number of para-hydroxylation sites is 1. The largest absolute Gasteiger partial charge is 0.492 e. The summed E-state index contributed by atoms with van der Waals surface area (Å²) in [4.78, 5) is 9.16. The molecule has 0 saturated carbocycles. The highest BCUT2D eigenvalue weighted by atomic mass is 35.5. The van der Waals surface area contributed by atoms with Gasteiger partial charge in [0.2, 0.25) is 0 Å². The van der Waals surface area contributed by atoms with Gasteiger partial charge < -0.3 is 9.30 Å². The summed E-state index contributed by atoms with van der Waals surface area (Å²) >= 11 is 7.72. The highest BCUT2D eigenvalue weighted by Gasteiger charge is 2.14. The van der Waals surface area contributed by atoms with Crippen molar-refractivity contribution < 1.29 is 4.74 Å². The number of imidazole rings is 1. The van der Waals surface area contributed by atoms with Crippen LogP contribution in [0.15, 0.2) is 23.6 Å². The van der Waals surface area contributed by atoms with Crippen molar-refractivity contribution in [3.8, 4) is 5.75 Å². The number of benzene rings is 1. The molecule has 6 heteroatoms. The Morgan fingerprint density at radius 2 is 2.19 bits per heavy atom. The highest BCUT2D eigenvalue weighted by Crippen LogP contribution is 2.27. The molecule has 0 N–H and O–H groups in total. The van der Waals surface area contributed by atoms with E-state index in [1.807, 2.05) is 32.0 Å². The number of halogens is 1. The first kappa shape index (κ1) is 14.4. The monoisotopic (exact) mass is 321 g/mol. The van der Waals surface area contributed by atoms with Crippen molar-refractivity contribution in [1.29, 1.82) is 0 Å². The van der Waals surface area contributed by atoms with Gasteiger partial charge in [0.25, 0.3) is 0 Å². The zero-order chi connectivity index (χ0) is 14.8. The van der Waals surface area contributed by atoms with Gasteiger partial charge in [-0.3, -0.25) is 0 Å². The maximum absolute atomic E-state index is 6.06. The number of thiazole rings is 1. The average molecular weight is 322 g/mol. The molecule has 2 heterocycles. The van der Waals surface area contributed by atoms with Crippen LogP contribution in [-0.4, -0.2) is 21.1 Å². The Morgan fingerprint density at radius 1 is 1.33 bits per heavy atom. The summed E-state index contributed by atoms with van der Waals surface area (Å²) in [6.45, 7) is 5.28. The normalized spacial score (nSPS) is 11.2. The molecule has 0 saturated heterocycles. The molecule has 0 spiro atoms. The van der Waals surface area contributed by atoms with Gasteiger partial charge in [0.1, 0.15) is 22.1 Å². The number of rotatable bonds is 5. The third-order valence-corrected chi connectivity index (χ3v) is 4.39. The first-order chi connectivity index (χ1) is 10.2. The van der Waals surface area contributed by atoms with Crippen molar-refractivity contribution in [2.24, 2.45) is 0 Å². The summed E-state index contributed by atoms with van der Waals surface area (Å²) in [5.41, 5.74) is 2.94. The lowest BCUT2D eigenvalue weighted by Crippen LogP contribution is -2.03. The van der Waals surface area contributed by atoms with Gasteiger partial charge >= 0.3 is 0 Å². The molecule has 0 unspecified atom stereocenters. The van der Waals surface area contributed by atoms with E-state index in [4.69, 9.17) is 16.3 Å². The summed E-state index contributed by atoms with van der Waals surface area (Å²) in [6.07, 6.45) is 0. The van der Waals surface area contributed by atoms with Gasteiger partial charge in [-0.05, 0) is 26.0 Å². The van der Waals surface area contributed by atoms with Crippen LogP contribution in [0.25, 0.3) is 11.0 Å². The van der Waals surface area contributed by atoms with Gasteiger partial charge in [0.15, 0.2) is 0 Å². The molecule has 0 fully saturated rings. The topological polar surface area (TPSA) is 39.9 Å². The Labute approximate surface area is 132 Å². The molecule has 0 radical (unpaired) electrons. The Balaban J connectivity index is 2.09. The zero-order valence-corrected chi connectivity index (χ0v) is 13.5. The smallest absolute Gasteiger partial charge is 0.147 e. The lowest BCUT2D eigenvalue weighted by Gasteiger charge is -2.06. The van der Waals surface area contributed by atoms with Gasteiger partial charge in [0.05, 0.1) is 24.5 Å². The van der Waals surface area contributed by atoms with E-state index in [0.717, 1.165) is 33.3 Å². The molecule has 0 aliphatic rings. The van der Waals surface area contributed by atoms with Gasteiger partial charge in [-0.2, -0.15) is 0 Å². The van der Waals surface area contributed by atoms with Crippen molar-refractivity contribution in [2.45, 2.75) is 26.3 Å². The fourth-order valence-corrected chi connectivity index (χ4v) is 3.29. The van der Waals surface area contributed by atoms with Crippen molar-refractivity contribution in [3.05, 3.63) is 40.1 Å². The lowest BCUT2D eigenvalue weighted by molar-refractivity contribution is 0.343. The molecule has 0 atom stereocenters. The Kier molecular flexibility index (Phi) is 4.12. The van der Waals surface area contributed by atoms with Crippen LogP contribution in [-0.2, 0) is 12.4 Å². The standard InChI is InChI=1S/C15H16ClN3OS/c1-3-20-12-6-4-5-11-15(12)18-13(7-16)19(11)8-14-17-10(2)9-21-14/h4-6,9H,3,7-8H2,1-2H3. The number of alkyl halides is 1.